The molecule has 0 spiro atoms. The Kier molecular flexibility index (Phi) is 5.67. The number of halogens is 5. The molecule has 0 aliphatic heterocycles. The average molecular weight is 259 g/mol. The van der Waals surface area contributed by atoms with Gasteiger partial charge in [-0.05, 0) is 12.5 Å². The number of nitrogens with zero attached hydrogens (tertiary/aromatic N) is 1. The first-order valence-corrected chi connectivity index (χ1v) is 4.33. The van der Waals surface area contributed by atoms with E-state index in [2.05, 4.69) is 4.98 Å². The highest BCUT2D eigenvalue weighted by atomic mass is 35.5. The molecular formula is C9H11ClF4N2. The summed E-state index contributed by atoms with van der Waals surface area (Å²) in [6.07, 6.45) is -4.42. The molecule has 0 bridgehead atoms. The Morgan fingerprint density at radius 2 is 2.00 bits per heavy atom. The standard InChI is InChI=1S/C9H10F4N2.ClH/c10-8-6(2-1-5-15-8)7(14)3-4-9(11,12)13;/h1-2,5,7H,3-4,14H2;1H/t7-;/m1./s1. The lowest BCUT2D eigenvalue weighted by atomic mass is 10.0. The third-order valence-corrected chi connectivity index (χ3v) is 1.93. The Bertz CT molecular complexity index is 330. The lowest BCUT2D eigenvalue weighted by Crippen LogP contribution is -2.17. The topological polar surface area (TPSA) is 38.9 Å². The molecule has 0 radical (unpaired) electrons. The fraction of sp³-hybridized carbons (Fsp3) is 0.444. The van der Waals surface area contributed by atoms with Crippen molar-refractivity contribution in [2.75, 3.05) is 0 Å². The van der Waals surface area contributed by atoms with Crippen molar-refractivity contribution < 1.29 is 17.6 Å². The first-order valence-electron chi connectivity index (χ1n) is 4.33. The molecule has 1 rings (SSSR count). The van der Waals surface area contributed by atoms with Gasteiger partial charge in [-0.1, -0.05) is 6.07 Å². The minimum atomic E-state index is -4.27. The van der Waals surface area contributed by atoms with E-state index in [1.54, 1.807) is 0 Å². The minimum Gasteiger partial charge on any atom is -0.324 e. The maximum absolute atomic E-state index is 13.0. The number of alkyl halides is 3. The molecule has 0 saturated heterocycles. The number of aromatic nitrogens is 1. The van der Waals surface area contributed by atoms with Gasteiger partial charge in [0.05, 0.1) is 0 Å². The van der Waals surface area contributed by atoms with Crippen molar-refractivity contribution >= 4 is 12.4 Å². The average Bonchev–Trinajstić information content (AvgIpc) is 2.14. The van der Waals surface area contributed by atoms with Crippen LogP contribution in [0.25, 0.3) is 0 Å². The second-order valence-corrected chi connectivity index (χ2v) is 3.14. The summed E-state index contributed by atoms with van der Waals surface area (Å²) in [6.45, 7) is 0. The second kappa shape index (κ2) is 6.00. The van der Waals surface area contributed by atoms with E-state index >= 15 is 0 Å². The lowest BCUT2D eigenvalue weighted by Gasteiger charge is -2.13. The van der Waals surface area contributed by atoms with Gasteiger partial charge in [0.15, 0.2) is 0 Å². The van der Waals surface area contributed by atoms with Gasteiger partial charge in [0.1, 0.15) is 0 Å². The highest BCUT2D eigenvalue weighted by molar-refractivity contribution is 5.85. The van der Waals surface area contributed by atoms with Crippen LogP contribution in [0.1, 0.15) is 24.4 Å². The number of hydrogen-bond donors (Lipinski definition) is 1. The Balaban J connectivity index is 0.00000225. The third kappa shape index (κ3) is 4.76. The van der Waals surface area contributed by atoms with Gasteiger partial charge >= 0.3 is 6.18 Å². The molecule has 0 amide bonds. The van der Waals surface area contributed by atoms with E-state index in [1.165, 1.54) is 18.3 Å². The molecule has 2 N–H and O–H groups in total. The van der Waals surface area contributed by atoms with Crippen molar-refractivity contribution in [3.05, 3.63) is 29.8 Å². The van der Waals surface area contributed by atoms with Crippen LogP contribution in [0.15, 0.2) is 18.3 Å². The van der Waals surface area contributed by atoms with E-state index in [9.17, 15) is 17.6 Å². The van der Waals surface area contributed by atoms with E-state index < -0.39 is 24.6 Å². The van der Waals surface area contributed by atoms with Crippen LogP contribution in [-0.2, 0) is 0 Å². The molecule has 0 aliphatic rings. The number of rotatable bonds is 3. The number of pyridine rings is 1. The van der Waals surface area contributed by atoms with Crippen LogP contribution in [0, 0.1) is 5.95 Å². The zero-order chi connectivity index (χ0) is 11.5. The molecule has 0 unspecified atom stereocenters. The summed E-state index contributed by atoms with van der Waals surface area (Å²) in [7, 11) is 0. The minimum absolute atomic E-state index is 0. The molecular weight excluding hydrogens is 248 g/mol. The molecule has 1 aromatic rings. The zero-order valence-corrected chi connectivity index (χ0v) is 8.98. The van der Waals surface area contributed by atoms with Gasteiger partial charge in [-0.15, -0.1) is 12.4 Å². The smallest absolute Gasteiger partial charge is 0.324 e. The molecule has 16 heavy (non-hydrogen) atoms. The summed E-state index contributed by atoms with van der Waals surface area (Å²) < 4.78 is 48.6. The number of nitrogens with two attached hydrogens (primary N) is 1. The summed E-state index contributed by atoms with van der Waals surface area (Å²) >= 11 is 0. The summed E-state index contributed by atoms with van der Waals surface area (Å²) in [4.78, 5) is 3.32. The van der Waals surface area contributed by atoms with Gasteiger partial charge in [-0.3, -0.25) is 0 Å². The van der Waals surface area contributed by atoms with E-state index in [0.29, 0.717) is 0 Å². The van der Waals surface area contributed by atoms with Crippen molar-refractivity contribution in [3.8, 4) is 0 Å². The Hall–Kier alpha value is -0.880. The monoisotopic (exact) mass is 258 g/mol. The van der Waals surface area contributed by atoms with Crippen LogP contribution in [0.2, 0.25) is 0 Å². The van der Waals surface area contributed by atoms with Crippen LogP contribution >= 0.6 is 12.4 Å². The van der Waals surface area contributed by atoms with Crippen LogP contribution in [-0.4, -0.2) is 11.2 Å². The van der Waals surface area contributed by atoms with Gasteiger partial charge in [0, 0.05) is 24.2 Å². The molecule has 7 heteroatoms. The van der Waals surface area contributed by atoms with Crippen molar-refractivity contribution in [3.63, 3.8) is 0 Å². The van der Waals surface area contributed by atoms with Crippen molar-refractivity contribution in [2.24, 2.45) is 5.73 Å². The molecule has 92 valence electrons. The Morgan fingerprint density at radius 1 is 1.38 bits per heavy atom. The van der Waals surface area contributed by atoms with Crippen molar-refractivity contribution in [1.82, 2.24) is 4.98 Å². The van der Waals surface area contributed by atoms with Crippen molar-refractivity contribution in [1.29, 1.82) is 0 Å². The largest absolute Gasteiger partial charge is 0.389 e. The summed E-state index contributed by atoms with van der Waals surface area (Å²) in [5.41, 5.74) is 5.44. The molecule has 0 saturated carbocycles. The molecule has 0 fully saturated rings. The summed E-state index contributed by atoms with van der Waals surface area (Å²) in [5, 5.41) is 0. The molecule has 0 aliphatic carbocycles. The van der Waals surface area contributed by atoms with Gasteiger partial charge in [-0.25, -0.2) is 4.98 Å². The predicted octanol–water partition coefficient (Wildman–Crippen LogP) is 2.98. The van der Waals surface area contributed by atoms with Crippen molar-refractivity contribution in [2.45, 2.75) is 25.1 Å². The molecule has 1 aromatic heterocycles. The van der Waals surface area contributed by atoms with E-state index in [1.807, 2.05) is 0 Å². The molecule has 2 nitrogen and oxygen atoms in total. The SMILES string of the molecule is Cl.N[C@H](CCC(F)(F)F)c1cccnc1F. The molecule has 1 atom stereocenters. The Labute approximate surface area is 96.3 Å². The first-order chi connectivity index (χ1) is 6.90. The molecule has 0 aromatic carbocycles. The predicted molar refractivity (Wildman–Crippen MR) is 53.7 cm³/mol. The zero-order valence-electron chi connectivity index (χ0n) is 8.17. The van der Waals surface area contributed by atoms with E-state index in [4.69, 9.17) is 5.73 Å². The number of hydrogen-bond acceptors (Lipinski definition) is 2. The highest BCUT2D eigenvalue weighted by Gasteiger charge is 2.28. The fourth-order valence-corrected chi connectivity index (χ4v) is 1.15. The maximum atomic E-state index is 13.0. The van der Waals surface area contributed by atoms with Crippen LogP contribution in [0.4, 0.5) is 17.6 Å². The maximum Gasteiger partial charge on any atom is 0.389 e. The highest BCUT2D eigenvalue weighted by Crippen LogP contribution is 2.26. The van der Waals surface area contributed by atoms with E-state index in [0.717, 1.165) is 0 Å². The summed E-state index contributed by atoms with van der Waals surface area (Å²) in [5.74, 6) is -0.813. The van der Waals surface area contributed by atoms with E-state index in [-0.39, 0.29) is 24.4 Å². The third-order valence-electron chi connectivity index (χ3n) is 1.93. The van der Waals surface area contributed by atoms with Gasteiger partial charge in [0.2, 0.25) is 5.95 Å². The normalized spacial score (nSPS) is 13.1. The Morgan fingerprint density at radius 3 is 2.50 bits per heavy atom. The quantitative estimate of drug-likeness (QED) is 0.669. The van der Waals surface area contributed by atoms with Crippen LogP contribution in [0.5, 0.6) is 0 Å². The first kappa shape index (κ1) is 15.1. The summed E-state index contributed by atoms with van der Waals surface area (Å²) in [6, 6.07) is 1.80. The fourth-order valence-electron chi connectivity index (χ4n) is 1.15. The second-order valence-electron chi connectivity index (χ2n) is 3.14. The van der Waals surface area contributed by atoms with Gasteiger partial charge < -0.3 is 5.73 Å². The van der Waals surface area contributed by atoms with Gasteiger partial charge in [0.25, 0.3) is 0 Å². The lowest BCUT2D eigenvalue weighted by molar-refractivity contribution is -0.136. The molecule has 1 heterocycles. The van der Waals surface area contributed by atoms with Crippen LogP contribution < -0.4 is 5.73 Å². The van der Waals surface area contributed by atoms with Gasteiger partial charge in [-0.2, -0.15) is 17.6 Å². The van der Waals surface area contributed by atoms with Crippen LogP contribution in [0.3, 0.4) is 0 Å².